The first-order valence-electron chi connectivity index (χ1n) is 10.8. The number of ketones is 1. The molecule has 0 saturated heterocycles. The van der Waals surface area contributed by atoms with Crippen molar-refractivity contribution in [2.45, 2.75) is 44.9 Å². The quantitative estimate of drug-likeness (QED) is 0.419. The number of hydrogen-bond acceptors (Lipinski definition) is 4. The minimum Gasteiger partial charge on any atom is -0.300 e. The Bertz CT molecular complexity index is 1130. The largest absolute Gasteiger partial charge is 0.300 e. The lowest BCUT2D eigenvalue weighted by atomic mass is 9.71. The highest BCUT2D eigenvalue weighted by Gasteiger charge is 2.32. The summed E-state index contributed by atoms with van der Waals surface area (Å²) in [5.41, 5.74) is 5.46. The Labute approximate surface area is 175 Å². The van der Waals surface area contributed by atoms with Crippen molar-refractivity contribution in [3.8, 4) is 11.1 Å². The Morgan fingerprint density at radius 2 is 1.67 bits per heavy atom. The van der Waals surface area contributed by atoms with E-state index in [1.165, 1.54) is 5.56 Å². The monoisotopic (exact) mass is 400 g/mol. The summed E-state index contributed by atoms with van der Waals surface area (Å²) in [6, 6.07) is 15.2. The van der Waals surface area contributed by atoms with Crippen LogP contribution < -0.4 is 0 Å². The van der Waals surface area contributed by atoms with E-state index >= 15 is 0 Å². The lowest BCUT2D eigenvalue weighted by molar-refractivity contribution is -0.384. The lowest BCUT2D eigenvalue weighted by Crippen LogP contribution is -2.27. The van der Waals surface area contributed by atoms with E-state index < -0.39 is 0 Å². The molecule has 3 aromatic rings. The van der Waals surface area contributed by atoms with Crippen molar-refractivity contribution in [3.05, 3.63) is 69.9 Å². The van der Waals surface area contributed by atoms with E-state index in [1.807, 2.05) is 18.2 Å². The second kappa shape index (κ2) is 7.63. The van der Waals surface area contributed by atoms with Crippen LogP contribution in [0.15, 0.2) is 48.5 Å². The summed E-state index contributed by atoms with van der Waals surface area (Å²) in [7, 11) is 0. The van der Waals surface area contributed by atoms with Crippen molar-refractivity contribution >= 4 is 22.4 Å². The maximum Gasteiger partial charge on any atom is 0.270 e. The van der Waals surface area contributed by atoms with Gasteiger partial charge in [0.1, 0.15) is 5.78 Å². The number of non-ortho nitro benzene ring substituents is 1. The van der Waals surface area contributed by atoms with Gasteiger partial charge in [0.25, 0.3) is 5.69 Å². The van der Waals surface area contributed by atoms with Gasteiger partial charge in [0.15, 0.2) is 0 Å². The number of nitro benzene ring substituents is 1. The molecule has 0 bridgehead atoms. The van der Waals surface area contributed by atoms with E-state index in [-0.39, 0.29) is 10.6 Å². The first-order chi connectivity index (χ1) is 14.6. The highest BCUT2D eigenvalue weighted by molar-refractivity contribution is 5.98. The number of aromatic nitrogens is 1. The standard InChI is InChI=1S/C25H24N2O3/c28-20-10-6-16(7-11-20)18-8-12-23-21(14-18)25(17-4-2-1-3-5-17)22-15-19(27(29)30)9-13-24(22)26-23/h1-5,9,13,15-16,18H,6-8,10-12,14H2. The van der Waals surface area contributed by atoms with E-state index in [0.717, 1.165) is 59.8 Å². The molecular formula is C25H24N2O3. The normalized spacial score (nSPS) is 19.6. The van der Waals surface area contributed by atoms with Crippen LogP contribution in [0.1, 0.15) is 43.4 Å². The van der Waals surface area contributed by atoms with Gasteiger partial charge in [-0.05, 0) is 66.7 Å². The molecule has 152 valence electrons. The minimum absolute atomic E-state index is 0.0968. The van der Waals surface area contributed by atoms with Crippen LogP contribution in [0.5, 0.6) is 0 Å². The summed E-state index contributed by atoms with van der Waals surface area (Å²) in [6.07, 6.45) is 6.37. The number of pyridine rings is 1. The van der Waals surface area contributed by atoms with Crippen molar-refractivity contribution in [1.82, 2.24) is 4.98 Å². The molecule has 1 unspecified atom stereocenters. The highest BCUT2D eigenvalue weighted by Crippen LogP contribution is 2.42. The van der Waals surface area contributed by atoms with Gasteiger partial charge in [0, 0.05) is 36.1 Å². The van der Waals surface area contributed by atoms with E-state index in [2.05, 4.69) is 12.1 Å². The summed E-state index contributed by atoms with van der Waals surface area (Å²) in [4.78, 5) is 27.7. The Morgan fingerprint density at radius 1 is 0.933 bits per heavy atom. The molecule has 2 aliphatic carbocycles. The van der Waals surface area contributed by atoms with Gasteiger partial charge in [-0.25, -0.2) is 0 Å². The molecule has 1 heterocycles. The number of benzene rings is 2. The number of fused-ring (bicyclic) bond motifs is 2. The molecule has 0 aliphatic heterocycles. The molecule has 2 aromatic carbocycles. The first-order valence-corrected chi connectivity index (χ1v) is 10.8. The van der Waals surface area contributed by atoms with Gasteiger partial charge in [-0.2, -0.15) is 0 Å². The predicted octanol–water partition coefficient (Wildman–Crippen LogP) is 5.67. The molecule has 0 spiro atoms. The minimum atomic E-state index is -0.338. The molecule has 0 N–H and O–H groups in total. The summed E-state index contributed by atoms with van der Waals surface area (Å²) in [6.45, 7) is 0. The number of Topliss-reactive ketones (excluding diaryl/α,β-unsaturated/α-hetero) is 1. The van der Waals surface area contributed by atoms with E-state index in [9.17, 15) is 14.9 Å². The average Bonchev–Trinajstić information content (AvgIpc) is 2.78. The van der Waals surface area contributed by atoms with Crippen molar-refractivity contribution in [2.75, 3.05) is 0 Å². The number of aryl methyl sites for hydroxylation is 1. The van der Waals surface area contributed by atoms with E-state index in [1.54, 1.807) is 18.2 Å². The van der Waals surface area contributed by atoms with Crippen LogP contribution in [0.2, 0.25) is 0 Å². The molecule has 30 heavy (non-hydrogen) atoms. The fourth-order valence-electron chi connectivity index (χ4n) is 5.34. The Morgan fingerprint density at radius 3 is 2.40 bits per heavy atom. The van der Waals surface area contributed by atoms with Gasteiger partial charge in [-0.3, -0.25) is 19.9 Å². The third-order valence-electron chi connectivity index (χ3n) is 6.90. The molecular weight excluding hydrogens is 376 g/mol. The SMILES string of the molecule is O=C1CCC(C2CCc3nc4ccc([N+](=O)[O-])cc4c(-c4ccccc4)c3C2)CC1. The van der Waals surface area contributed by atoms with E-state index in [4.69, 9.17) is 4.98 Å². The van der Waals surface area contributed by atoms with Gasteiger partial charge in [-0.1, -0.05) is 30.3 Å². The fraction of sp³-hybridized carbons (Fsp3) is 0.360. The van der Waals surface area contributed by atoms with Crippen LogP contribution >= 0.6 is 0 Å². The zero-order chi connectivity index (χ0) is 20.7. The molecule has 1 fully saturated rings. The fourth-order valence-corrected chi connectivity index (χ4v) is 5.34. The van der Waals surface area contributed by atoms with Crippen LogP contribution in [-0.2, 0) is 17.6 Å². The molecule has 5 heteroatoms. The van der Waals surface area contributed by atoms with Gasteiger partial charge in [0.05, 0.1) is 10.4 Å². The number of carbonyl (C=O) groups is 1. The first kappa shape index (κ1) is 18.9. The van der Waals surface area contributed by atoms with Crippen LogP contribution in [-0.4, -0.2) is 15.7 Å². The zero-order valence-electron chi connectivity index (χ0n) is 16.8. The van der Waals surface area contributed by atoms with Crippen molar-refractivity contribution < 1.29 is 9.72 Å². The Balaban J connectivity index is 1.65. The van der Waals surface area contributed by atoms with Crippen LogP contribution in [0.3, 0.4) is 0 Å². The zero-order valence-corrected chi connectivity index (χ0v) is 16.8. The van der Waals surface area contributed by atoms with Crippen molar-refractivity contribution in [3.63, 3.8) is 0 Å². The molecule has 5 rings (SSSR count). The van der Waals surface area contributed by atoms with Gasteiger partial charge >= 0.3 is 0 Å². The number of nitro groups is 1. The molecule has 1 saturated carbocycles. The molecule has 0 radical (unpaired) electrons. The van der Waals surface area contributed by atoms with E-state index in [0.29, 0.717) is 30.5 Å². The maximum atomic E-state index is 11.7. The smallest absolute Gasteiger partial charge is 0.270 e. The van der Waals surface area contributed by atoms with Crippen molar-refractivity contribution in [2.24, 2.45) is 11.8 Å². The predicted molar refractivity (Wildman–Crippen MR) is 116 cm³/mol. The van der Waals surface area contributed by atoms with Crippen molar-refractivity contribution in [1.29, 1.82) is 0 Å². The highest BCUT2D eigenvalue weighted by atomic mass is 16.6. The lowest BCUT2D eigenvalue weighted by Gasteiger charge is -2.34. The Kier molecular flexibility index (Phi) is 4.81. The maximum absolute atomic E-state index is 11.7. The van der Waals surface area contributed by atoms with Crippen LogP contribution in [0, 0.1) is 22.0 Å². The summed E-state index contributed by atoms with van der Waals surface area (Å²) < 4.78 is 0. The summed E-state index contributed by atoms with van der Waals surface area (Å²) in [5, 5.41) is 12.3. The summed E-state index contributed by atoms with van der Waals surface area (Å²) >= 11 is 0. The average molecular weight is 400 g/mol. The molecule has 1 aromatic heterocycles. The number of nitrogens with zero attached hydrogens (tertiary/aromatic N) is 2. The molecule has 2 aliphatic rings. The number of rotatable bonds is 3. The van der Waals surface area contributed by atoms with Gasteiger partial charge < -0.3 is 0 Å². The third kappa shape index (κ3) is 3.38. The molecule has 1 atom stereocenters. The van der Waals surface area contributed by atoms with Crippen LogP contribution in [0.25, 0.3) is 22.0 Å². The van der Waals surface area contributed by atoms with Crippen LogP contribution in [0.4, 0.5) is 5.69 Å². The second-order valence-electron chi connectivity index (χ2n) is 8.62. The second-order valence-corrected chi connectivity index (χ2v) is 8.62. The topological polar surface area (TPSA) is 73.1 Å². The molecule has 0 amide bonds. The van der Waals surface area contributed by atoms with Gasteiger partial charge in [-0.15, -0.1) is 0 Å². The molecule has 5 nitrogen and oxygen atoms in total. The summed E-state index contributed by atoms with van der Waals surface area (Å²) in [5.74, 6) is 1.53. The third-order valence-corrected chi connectivity index (χ3v) is 6.90. The number of hydrogen-bond donors (Lipinski definition) is 0. The number of carbonyl (C=O) groups excluding carboxylic acids is 1. The Hall–Kier alpha value is -3.08. The van der Waals surface area contributed by atoms with Gasteiger partial charge in [0.2, 0.25) is 0 Å².